The van der Waals surface area contributed by atoms with Crippen LogP contribution < -0.4 is 4.74 Å². The second kappa shape index (κ2) is 20.3. The number of carbonyl (C=O) groups is 1. The van der Waals surface area contributed by atoms with E-state index >= 15 is 0 Å². The molecular weight excluding hydrogens is 752 g/mol. The quantitative estimate of drug-likeness (QED) is 0.0913. The Bertz CT molecular complexity index is 2180. The summed E-state index contributed by atoms with van der Waals surface area (Å²) in [4.78, 5) is 13.4. The highest BCUT2D eigenvalue weighted by Gasteiger charge is 2.49. The van der Waals surface area contributed by atoms with Crippen LogP contribution in [0.3, 0.4) is 0 Å². The van der Waals surface area contributed by atoms with E-state index in [9.17, 15) is 9.90 Å². The molecule has 1 heterocycles. The van der Waals surface area contributed by atoms with E-state index in [0.29, 0.717) is 18.1 Å². The van der Waals surface area contributed by atoms with Crippen molar-refractivity contribution < 1.29 is 38.3 Å². The molecule has 1 saturated heterocycles. The molecule has 0 aliphatic carbocycles. The summed E-state index contributed by atoms with van der Waals surface area (Å²) >= 11 is 6.88. The maximum absolute atomic E-state index is 13.4. The molecule has 9 heteroatoms. The third kappa shape index (κ3) is 10.7. The predicted molar refractivity (Wildman–Crippen MR) is 223 cm³/mol. The Kier molecular flexibility index (Phi) is 14.2. The first-order valence-electron chi connectivity index (χ1n) is 19.5. The van der Waals surface area contributed by atoms with Crippen LogP contribution in [0.15, 0.2) is 158 Å². The Labute approximate surface area is 344 Å². The summed E-state index contributed by atoms with van der Waals surface area (Å²) in [5.74, 6) is -0.0557. The molecule has 1 aliphatic rings. The van der Waals surface area contributed by atoms with Crippen LogP contribution in [0.1, 0.15) is 56.8 Å². The van der Waals surface area contributed by atoms with E-state index in [-0.39, 0.29) is 37.7 Å². The lowest BCUT2D eigenvalue weighted by molar-refractivity contribution is -0.272. The smallest absolute Gasteiger partial charge is 0.342 e. The van der Waals surface area contributed by atoms with Crippen molar-refractivity contribution >= 4 is 17.6 Å². The van der Waals surface area contributed by atoms with Crippen molar-refractivity contribution in [1.29, 1.82) is 0 Å². The standard InChI is InChI=1S/C49H47ClO8/c1-2-53-40-25-22-34(23-26-40)28-39-29-38(24-27-42(39)50)45-47(55-31-36-16-8-4-9-17-36)48(56-32-37-18-10-5-11-19-37)46(54-30-35-14-6-3-7-15-35)44(58-45)33-57-49(52)41-20-12-13-21-43(41)51/h3-27,29,44-48,51H,2,28,30-33H2,1H3/t44-,45+,46-,47+,48+/m1/s1. The molecule has 1 aliphatic heterocycles. The average Bonchev–Trinajstić information content (AvgIpc) is 3.26. The Hall–Kier alpha value is -5.48. The monoisotopic (exact) mass is 798 g/mol. The molecule has 0 saturated carbocycles. The lowest BCUT2D eigenvalue weighted by atomic mass is 9.89. The first-order chi connectivity index (χ1) is 28.4. The molecule has 0 aromatic heterocycles. The molecule has 8 nitrogen and oxygen atoms in total. The van der Waals surface area contributed by atoms with Crippen LogP contribution in [0.5, 0.6) is 11.5 Å². The van der Waals surface area contributed by atoms with Gasteiger partial charge in [-0.1, -0.05) is 139 Å². The van der Waals surface area contributed by atoms with Crippen molar-refractivity contribution in [3.63, 3.8) is 0 Å². The minimum atomic E-state index is -0.814. The maximum Gasteiger partial charge on any atom is 0.342 e. The van der Waals surface area contributed by atoms with E-state index in [2.05, 4.69) is 0 Å². The van der Waals surface area contributed by atoms with Crippen LogP contribution in [-0.4, -0.2) is 48.7 Å². The lowest BCUT2D eigenvalue weighted by Crippen LogP contribution is -2.58. The van der Waals surface area contributed by atoms with Crippen LogP contribution >= 0.6 is 11.6 Å². The highest BCUT2D eigenvalue weighted by molar-refractivity contribution is 6.31. The van der Waals surface area contributed by atoms with Gasteiger partial charge in [-0.05, 0) is 77.1 Å². The first kappa shape index (κ1) is 40.7. The summed E-state index contributed by atoms with van der Waals surface area (Å²) in [5, 5.41) is 11.1. The zero-order valence-corrected chi connectivity index (χ0v) is 33.1. The topological polar surface area (TPSA) is 92.7 Å². The molecule has 5 atom stereocenters. The molecule has 0 unspecified atom stereocenters. The largest absolute Gasteiger partial charge is 0.507 e. The number of phenols is 1. The zero-order valence-electron chi connectivity index (χ0n) is 32.3. The number of phenolic OH excluding ortho intramolecular Hbond substituents is 1. The summed E-state index contributed by atoms with van der Waals surface area (Å²) in [6.07, 6.45) is -3.09. The number of para-hydroxylation sites is 1. The normalized spacial score (nSPS) is 19.0. The van der Waals surface area contributed by atoms with Crippen LogP contribution in [0, 0.1) is 0 Å². The molecule has 0 spiro atoms. The summed E-state index contributed by atoms with van der Waals surface area (Å²) < 4.78 is 39.1. The summed E-state index contributed by atoms with van der Waals surface area (Å²) in [5.41, 5.74) is 5.74. The second-order valence-corrected chi connectivity index (χ2v) is 14.5. The summed E-state index contributed by atoms with van der Waals surface area (Å²) in [6.45, 7) is 3.15. The van der Waals surface area contributed by atoms with Crippen LogP contribution in [0.4, 0.5) is 0 Å². The predicted octanol–water partition coefficient (Wildman–Crippen LogP) is 10.1. The van der Waals surface area contributed by atoms with Gasteiger partial charge in [0.15, 0.2) is 0 Å². The van der Waals surface area contributed by atoms with Crippen molar-refractivity contribution in [2.24, 2.45) is 0 Å². The summed E-state index contributed by atoms with van der Waals surface area (Å²) in [6, 6.07) is 49.9. The van der Waals surface area contributed by atoms with Gasteiger partial charge in [-0.15, -0.1) is 0 Å². The van der Waals surface area contributed by atoms with E-state index in [1.807, 2.05) is 140 Å². The number of rotatable bonds is 17. The van der Waals surface area contributed by atoms with E-state index in [1.165, 1.54) is 12.1 Å². The molecule has 7 rings (SSSR count). The number of hydrogen-bond donors (Lipinski definition) is 1. The number of aromatic hydroxyl groups is 1. The minimum absolute atomic E-state index is 0.0502. The van der Waals surface area contributed by atoms with E-state index < -0.39 is 36.5 Å². The molecule has 6 aromatic carbocycles. The number of halogens is 1. The van der Waals surface area contributed by atoms with Gasteiger partial charge >= 0.3 is 5.97 Å². The van der Waals surface area contributed by atoms with Gasteiger partial charge in [0.05, 0.1) is 26.4 Å². The Morgan fingerprint density at radius 3 is 1.78 bits per heavy atom. The first-order valence-corrected chi connectivity index (χ1v) is 19.9. The van der Waals surface area contributed by atoms with Gasteiger partial charge in [-0.25, -0.2) is 4.79 Å². The third-order valence-corrected chi connectivity index (χ3v) is 10.4. The van der Waals surface area contributed by atoms with Gasteiger partial charge in [-0.3, -0.25) is 0 Å². The highest BCUT2D eigenvalue weighted by atomic mass is 35.5. The van der Waals surface area contributed by atoms with Gasteiger partial charge in [0.1, 0.15) is 54.2 Å². The molecular formula is C49H47ClO8. The molecule has 58 heavy (non-hydrogen) atoms. The van der Waals surface area contributed by atoms with Crippen LogP contribution in [0.2, 0.25) is 5.02 Å². The highest BCUT2D eigenvalue weighted by Crippen LogP contribution is 2.40. The molecule has 0 amide bonds. The number of hydrogen-bond acceptors (Lipinski definition) is 8. The molecule has 1 N–H and O–H groups in total. The van der Waals surface area contributed by atoms with Crippen molar-refractivity contribution in [2.45, 2.75) is 63.7 Å². The van der Waals surface area contributed by atoms with Gasteiger partial charge in [0.25, 0.3) is 0 Å². The number of esters is 1. The fourth-order valence-electron chi connectivity index (χ4n) is 7.07. The fourth-order valence-corrected chi connectivity index (χ4v) is 7.25. The second-order valence-electron chi connectivity index (χ2n) is 14.1. The van der Waals surface area contributed by atoms with Gasteiger partial charge < -0.3 is 33.5 Å². The van der Waals surface area contributed by atoms with Crippen LogP contribution in [-0.2, 0) is 49.9 Å². The number of carbonyl (C=O) groups excluding carboxylic acids is 1. The van der Waals surface area contributed by atoms with Gasteiger partial charge in [0.2, 0.25) is 0 Å². The molecule has 6 aromatic rings. The van der Waals surface area contributed by atoms with Crippen molar-refractivity contribution in [1.82, 2.24) is 0 Å². The van der Waals surface area contributed by atoms with Gasteiger partial charge in [-0.2, -0.15) is 0 Å². The van der Waals surface area contributed by atoms with Crippen molar-refractivity contribution in [3.05, 3.63) is 202 Å². The van der Waals surface area contributed by atoms with Crippen LogP contribution in [0.25, 0.3) is 0 Å². The average molecular weight is 799 g/mol. The van der Waals surface area contributed by atoms with E-state index in [0.717, 1.165) is 39.1 Å². The molecule has 298 valence electrons. The fraction of sp³-hybridized carbons (Fsp3) is 0.245. The van der Waals surface area contributed by atoms with Gasteiger partial charge in [0, 0.05) is 5.02 Å². The van der Waals surface area contributed by atoms with Crippen molar-refractivity contribution in [3.8, 4) is 11.5 Å². The Morgan fingerprint density at radius 1 is 0.638 bits per heavy atom. The third-order valence-electron chi connectivity index (χ3n) is 10.0. The molecule has 0 radical (unpaired) electrons. The lowest BCUT2D eigenvalue weighted by Gasteiger charge is -2.46. The maximum atomic E-state index is 13.4. The van der Waals surface area contributed by atoms with E-state index in [1.54, 1.807) is 12.1 Å². The molecule has 1 fully saturated rings. The number of benzene rings is 6. The SMILES string of the molecule is CCOc1ccc(Cc2cc([C@@H]3O[C@H](COC(=O)c4ccccc4O)[C@@H](OCc4ccccc4)[C@H](OCc4ccccc4)[C@H]3OCc3ccccc3)ccc2Cl)cc1. The molecule has 0 bridgehead atoms. The Balaban J connectivity index is 1.27. The Morgan fingerprint density at radius 2 is 1.19 bits per heavy atom. The minimum Gasteiger partial charge on any atom is -0.507 e. The zero-order chi connectivity index (χ0) is 40.1. The summed E-state index contributed by atoms with van der Waals surface area (Å²) in [7, 11) is 0. The number of ether oxygens (including phenoxy) is 6. The van der Waals surface area contributed by atoms with E-state index in [4.69, 9.17) is 40.0 Å². The van der Waals surface area contributed by atoms with Crippen molar-refractivity contribution in [2.75, 3.05) is 13.2 Å².